The van der Waals surface area contributed by atoms with Gasteiger partial charge in [0.25, 0.3) is 5.91 Å². The van der Waals surface area contributed by atoms with Crippen molar-refractivity contribution in [3.8, 4) is 5.75 Å². The second kappa shape index (κ2) is 10.4. The Bertz CT molecular complexity index is 683. The van der Waals surface area contributed by atoms with Crippen LogP contribution in [0.4, 0.5) is 4.39 Å². The summed E-state index contributed by atoms with van der Waals surface area (Å²) in [5.74, 6) is -0.216. The fourth-order valence-corrected chi connectivity index (χ4v) is 2.94. The maximum Gasteiger partial charge on any atom is 0.266 e. The van der Waals surface area contributed by atoms with Crippen molar-refractivity contribution in [3.63, 3.8) is 0 Å². The highest BCUT2D eigenvalue weighted by Crippen LogP contribution is 2.32. The van der Waals surface area contributed by atoms with E-state index in [1.165, 1.54) is 24.5 Å². The molecule has 0 bridgehead atoms. The third-order valence-electron chi connectivity index (χ3n) is 4.54. The summed E-state index contributed by atoms with van der Waals surface area (Å²) >= 11 is 4.48. The van der Waals surface area contributed by atoms with E-state index in [1.807, 2.05) is 13.8 Å². The summed E-state index contributed by atoms with van der Waals surface area (Å²) in [6.45, 7) is 10.5. The van der Waals surface area contributed by atoms with Crippen LogP contribution in [0.1, 0.15) is 51.4 Å². The molecule has 0 aliphatic carbocycles. The molecule has 1 amide bonds. The smallest absolute Gasteiger partial charge is 0.266 e. The molecule has 1 aromatic carbocycles. The predicted octanol–water partition coefficient (Wildman–Crippen LogP) is 4.43. The summed E-state index contributed by atoms with van der Waals surface area (Å²) in [6.07, 6.45) is 0.692. The number of nitrogens with zero attached hydrogens (tertiary/aromatic N) is 1. The zero-order chi connectivity index (χ0) is 20.9. The van der Waals surface area contributed by atoms with Gasteiger partial charge in [-0.15, -0.1) is 0 Å². The van der Waals surface area contributed by atoms with E-state index in [-0.39, 0.29) is 28.4 Å². The number of rotatable bonds is 9. The van der Waals surface area contributed by atoms with Crippen LogP contribution in [0.2, 0.25) is 5.02 Å². The Balaban J connectivity index is 3.02. The minimum Gasteiger partial charge on any atom is -0.488 e. The molecule has 5 nitrogen and oxygen atoms in total. The first kappa shape index (κ1) is 23.9. The topological polar surface area (TPSA) is 58.6 Å². The minimum atomic E-state index is -1.76. The number of ether oxygens (including phenoxy) is 1. The molecule has 0 aliphatic rings. The molecule has 0 saturated heterocycles. The third kappa shape index (κ3) is 7.05. The fraction of sp³-hybridized carbons (Fsp3) is 0.632. The molecule has 1 rings (SSSR count). The molecular weight excluding hydrogens is 391 g/mol. The number of hydrogen-bond donors (Lipinski definition) is 1. The summed E-state index contributed by atoms with van der Waals surface area (Å²) in [7, 11) is 3.06. The zero-order valence-corrected chi connectivity index (χ0v) is 18.6. The van der Waals surface area contributed by atoms with Crippen LogP contribution >= 0.6 is 11.6 Å². The Morgan fingerprint density at radius 2 is 1.81 bits per heavy atom. The van der Waals surface area contributed by atoms with Gasteiger partial charge in [0.2, 0.25) is 0 Å². The molecular formula is C19H30ClFN2O3S. The van der Waals surface area contributed by atoms with E-state index in [1.54, 1.807) is 0 Å². The van der Waals surface area contributed by atoms with Crippen molar-refractivity contribution >= 4 is 28.7 Å². The Kier molecular flexibility index (Phi) is 9.18. The van der Waals surface area contributed by atoms with Crippen molar-refractivity contribution in [1.82, 2.24) is 9.03 Å². The van der Waals surface area contributed by atoms with Gasteiger partial charge in [0, 0.05) is 20.2 Å². The summed E-state index contributed by atoms with van der Waals surface area (Å²) in [6, 6.07) is 2.32. The number of carbonyl (C=O) groups is 1. The standard InChI is InChI=1S/C19H30ClFN2O3S/c1-11(2)13(5)8-17(12(3)4)26-18-10-16(21)14(9-15(18)20)19(24)22-27(25)23(6)7/h9-13,17H,8H2,1-7H3,(H,22,24)/t13?,17-,27?/m1/s1. The predicted molar refractivity (Wildman–Crippen MR) is 109 cm³/mol. The summed E-state index contributed by atoms with van der Waals surface area (Å²) in [5, 5.41) is 0.139. The van der Waals surface area contributed by atoms with E-state index in [0.29, 0.717) is 11.8 Å². The van der Waals surface area contributed by atoms with Crippen LogP contribution in [-0.4, -0.2) is 34.6 Å². The highest BCUT2D eigenvalue weighted by atomic mass is 35.5. The van der Waals surface area contributed by atoms with Crippen LogP contribution in [0.25, 0.3) is 0 Å². The number of nitrogens with one attached hydrogen (secondary N) is 1. The van der Waals surface area contributed by atoms with Crippen LogP contribution in [0.5, 0.6) is 5.75 Å². The van der Waals surface area contributed by atoms with Crippen LogP contribution < -0.4 is 9.46 Å². The van der Waals surface area contributed by atoms with E-state index >= 15 is 0 Å². The SMILES string of the molecule is CC(C)C(C)C[C@@H](Oc1cc(F)c(C(=O)NS(=O)N(C)C)cc1Cl)C(C)C. The normalized spacial score (nSPS) is 15.1. The molecule has 1 aromatic rings. The van der Waals surface area contributed by atoms with Gasteiger partial charge in [0.15, 0.2) is 11.2 Å². The second-order valence-electron chi connectivity index (χ2n) is 7.61. The van der Waals surface area contributed by atoms with Crippen molar-refractivity contribution in [1.29, 1.82) is 0 Å². The molecule has 0 radical (unpaired) electrons. The number of amides is 1. The molecule has 0 aromatic heterocycles. The monoisotopic (exact) mass is 420 g/mol. The number of hydrogen-bond acceptors (Lipinski definition) is 3. The first-order valence-electron chi connectivity index (χ1n) is 8.99. The van der Waals surface area contributed by atoms with E-state index < -0.39 is 22.9 Å². The minimum absolute atomic E-state index is 0.125. The third-order valence-corrected chi connectivity index (χ3v) is 5.86. The Labute approximate surface area is 169 Å². The van der Waals surface area contributed by atoms with Gasteiger partial charge in [0.05, 0.1) is 10.6 Å². The summed E-state index contributed by atoms with van der Waals surface area (Å²) < 4.78 is 35.6. The van der Waals surface area contributed by atoms with E-state index in [4.69, 9.17) is 16.3 Å². The van der Waals surface area contributed by atoms with Gasteiger partial charge < -0.3 is 4.74 Å². The Morgan fingerprint density at radius 3 is 2.30 bits per heavy atom. The van der Waals surface area contributed by atoms with Gasteiger partial charge in [-0.2, -0.15) is 0 Å². The first-order valence-corrected chi connectivity index (χ1v) is 10.5. The van der Waals surface area contributed by atoms with Gasteiger partial charge >= 0.3 is 0 Å². The maximum atomic E-state index is 14.5. The van der Waals surface area contributed by atoms with Crippen molar-refractivity contribution in [2.24, 2.45) is 17.8 Å². The Morgan fingerprint density at radius 1 is 1.22 bits per heavy atom. The van der Waals surface area contributed by atoms with E-state index in [9.17, 15) is 13.4 Å². The molecule has 1 N–H and O–H groups in total. The maximum absolute atomic E-state index is 14.5. The molecule has 0 heterocycles. The van der Waals surface area contributed by atoms with Gasteiger partial charge in [-0.3, -0.25) is 9.52 Å². The van der Waals surface area contributed by atoms with Gasteiger partial charge in [-0.25, -0.2) is 12.9 Å². The molecule has 0 aliphatic heterocycles. The van der Waals surface area contributed by atoms with Crippen LogP contribution in [0.15, 0.2) is 12.1 Å². The lowest BCUT2D eigenvalue weighted by atomic mass is 9.88. The first-order chi connectivity index (χ1) is 12.4. The largest absolute Gasteiger partial charge is 0.488 e. The molecule has 0 fully saturated rings. The number of benzene rings is 1. The average Bonchev–Trinajstić information content (AvgIpc) is 2.56. The van der Waals surface area contributed by atoms with E-state index in [0.717, 1.165) is 12.5 Å². The van der Waals surface area contributed by atoms with Crippen molar-refractivity contribution < 1.29 is 18.1 Å². The summed E-state index contributed by atoms with van der Waals surface area (Å²) in [4.78, 5) is 12.1. The molecule has 0 spiro atoms. The zero-order valence-electron chi connectivity index (χ0n) is 17.0. The quantitative estimate of drug-likeness (QED) is 0.642. The molecule has 0 saturated carbocycles. The lowest BCUT2D eigenvalue weighted by molar-refractivity contribution is 0.0976. The van der Waals surface area contributed by atoms with Crippen molar-refractivity contribution in [2.75, 3.05) is 14.1 Å². The molecule has 154 valence electrons. The molecule has 2 unspecified atom stereocenters. The second-order valence-corrected chi connectivity index (χ2v) is 9.45. The van der Waals surface area contributed by atoms with Crippen LogP contribution in [-0.2, 0) is 11.2 Å². The van der Waals surface area contributed by atoms with Gasteiger partial charge in [0.1, 0.15) is 17.7 Å². The highest BCUT2D eigenvalue weighted by molar-refractivity contribution is 7.81. The summed E-state index contributed by atoms with van der Waals surface area (Å²) in [5.41, 5.74) is -0.279. The van der Waals surface area contributed by atoms with Gasteiger partial charge in [-0.1, -0.05) is 46.2 Å². The van der Waals surface area contributed by atoms with Crippen molar-refractivity contribution in [3.05, 3.63) is 28.5 Å². The lowest BCUT2D eigenvalue weighted by Crippen LogP contribution is -2.34. The number of halogens is 2. The number of carbonyl (C=O) groups excluding carboxylic acids is 1. The van der Waals surface area contributed by atoms with Crippen LogP contribution in [0, 0.1) is 23.6 Å². The van der Waals surface area contributed by atoms with Crippen LogP contribution in [0.3, 0.4) is 0 Å². The molecule has 27 heavy (non-hydrogen) atoms. The molecule has 8 heteroatoms. The highest BCUT2D eigenvalue weighted by Gasteiger charge is 2.24. The Hall–Kier alpha value is -1.18. The van der Waals surface area contributed by atoms with E-state index in [2.05, 4.69) is 25.5 Å². The molecule has 3 atom stereocenters. The van der Waals surface area contributed by atoms with Gasteiger partial charge in [-0.05, 0) is 30.2 Å². The lowest BCUT2D eigenvalue weighted by Gasteiger charge is -2.27. The average molecular weight is 421 g/mol. The van der Waals surface area contributed by atoms with Crippen molar-refractivity contribution in [2.45, 2.75) is 47.1 Å². The fourth-order valence-electron chi connectivity index (χ4n) is 2.28.